The number of aromatic hydroxyl groups is 1. The van der Waals surface area contributed by atoms with Crippen molar-refractivity contribution in [1.82, 2.24) is 0 Å². The molecule has 76 valence electrons. The van der Waals surface area contributed by atoms with E-state index >= 15 is 0 Å². The number of methoxy groups -OCH3 is 1. The first-order valence-electron chi connectivity index (χ1n) is 3.75. The van der Waals surface area contributed by atoms with Gasteiger partial charge in [-0.05, 0) is 22.9 Å². The van der Waals surface area contributed by atoms with Crippen LogP contribution in [0.5, 0.6) is 11.5 Å². The smallest absolute Gasteiger partial charge is 0.175 e. The summed E-state index contributed by atoms with van der Waals surface area (Å²) in [4.78, 5) is 11.1. The van der Waals surface area contributed by atoms with Gasteiger partial charge < -0.3 is 9.84 Å². The Kier molecular flexibility index (Phi) is 3.10. The van der Waals surface area contributed by atoms with E-state index in [2.05, 4.69) is 15.9 Å². The fourth-order valence-corrected chi connectivity index (χ4v) is 1.94. The van der Waals surface area contributed by atoms with Crippen molar-refractivity contribution in [2.75, 3.05) is 7.11 Å². The van der Waals surface area contributed by atoms with Crippen molar-refractivity contribution in [2.24, 2.45) is 0 Å². The Morgan fingerprint density at radius 1 is 1.64 bits per heavy atom. The highest BCUT2D eigenvalue weighted by molar-refractivity contribution is 9.10. The minimum absolute atomic E-state index is 0.0524. The molecule has 1 aromatic rings. The van der Waals surface area contributed by atoms with Crippen LogP contribution in [0.25, 0.3) is 0 Å². The fourth-order valence-electron chi connectivity index (χ4n) is 1.11. The van der Waals surface area contributed by atoms with E-state index in [0.29, 0.717) is 0 Å². The summed E-state index contributed by atoms with van der Waals surface area (Å²) < 4.78 is 18.1. The van der Waals surface area contributed by atoms with Crippen LogP contribution >= 0.6 is 15.9 Å². The van der Waals surface area contributed by atoms with Crippen molar-refractivity contribution in [3.63, 3.8) is 0 Å². The molecule has 0 saturated carbocycles. The lowest BCUT2D eigenvalue weighted by Crippen LogP contribution is -2.00. The molecule has 0 bridgehead atoms. The Morgan fingerprint density at radius 2 is 2.21 bits per heavy atom. The lowest BCUT2D eigenvalue weighted by atomic mass is 10.1. The van der Waals surface area contributed by atoms with E-state index in [1.165, 1.54) is 14.0 Å². The van der Waals surface area contributed by atoms with Crippen molar-refractivity contribution in [3.8, 4) is 11.5 Å². The highest BCUT2D eigenvalue weighted by atomic mass is 79.9. The molecule has 0 amide bonds. The maximum absolute atomic E-state index is 13.2. The summed E-state index contributed by atoms with van der Waals surface area (Å²) in [5, 5.41) is 9.27. The van der Waals surface area contributed by atoms with E-state index in [1.54, 1.807) is 0 Å². The summed E-state index contributed by atoms with van der Waals surface area (Å²) >= 11 is 3.00. The summed E-state index contributed by atoms with van der Waals surface area (Å²) in [6.07, 6.45) is 0. The van der Waals surface area contributed by atoms with Gasteiger partial charge in [-0.25, -0.2) is 4.39 Å². The van der Waals surface area contributed by atoms with Crippen LogP contribution in [0.4, 0.5) is 4.39 Å². The number of phenolic OH excluding ortho intramolecular Hbond substituents is 1. The van der Waals surface area contributed by atoms with Gasteiger partial charge in [0, 0.05) is 6.07 Å². The topological polar surface area (TPSA) is 46.5 Å². The Hall–Kier alpha value is -1.10. The Labute approximate surface area is 88.6 Å². The molecule has 0 atom stereocenters. The van der Waals surface area contributed by atoms with Crippen molar-refractivity contribution < 1.29 is 19.0 Å². The molecule has 0 radical (unpaired) electrons. The van der Waals surface area contributed by atoms with E-state index in [9.17, 15) is 14.3 Å². The standard InChI is InChI=1S/C9H8BrFO3/c1-4(12)7-5(11)3-6(13)9(14-2)8(7)10/h3,13H,1-2H3. The first kappa shape index (κ1) is 11.0. The van der Waals surface area contributed by atoms with Gasteiger partial charge in [-0.2, -0.15) is 0 Å². The molecule has 0 fully saturated rings. The summed E-state index contributed by atoms with van der Waals surface area (Å²) in [6.45, 7) is 1.24. The lowest BCUT2D eigenvalue weighted by Gasteiger charge is -2.09. The molecule has 0 saturated heterocycles. The van der Waals surface area contributed by atoms with Gasteiger partial charge in [0.15, 0.2) is 17.3 Å². The number of hydrogen-bond donors (Lipinski definition) is 1. The van der Waals surface area contributed by atoms with Gasteiger partial charge in [0.25, 0.3) is 0 Å². The summed E-state index contributed by atoms with van der Waals surface area (Å²) in [6, 6.07) is 0.848. The maximum Gasteiger partial charge on any atom is 0.175 e. The van der Waals surface area contributed by atoms with Gasteiger partial charge in [0.05, 0.1) is 17.1 Å². The van der Waals surface area contributed by atoms with Gasteiger partial charge in [-0.1, -0.05) is 0 Å². The van der Waals surface area contributed by atoms with Crippen molar-refractivity contribution in [1.29, 1.82) is 0 Å². The lowest BCUT2D eigenvalue weighted by molar-refractivity contribution is 0.101. The third-order valence-electron chi connectivity index (χ3n) is 1.71. The van der Waals surface area contributed by atoms with Crippen LogP contribution in [-0.2, 0) is 0 Å². The Morgan fingerprint density at radius 3 is 2.64 bits per heavy atom. The molecule has 14 heavy (non-hydrogen) atoms. The minimum atomic E-state index is -0.775. The van der Waals surface area contributed by atoms with E-state index in [1.807, 2.05) is 0 Å². The van der Waals surface area contributed by atoms with Crippen LogP contribution in [0.2, 0.25) is 0 Å². The highest BCUT2D eigenvalue weighted by Crippen LogP contribution is 2.38. The molecule has 1 rings (SSSR count). The number of benzene rings is 1. The zero-order valence-corrected chi connectivity index (χ0v) is 9.18. The molecule has 0 aliphatic rings. The molecule has 1 aromatic carbocycles. The molecule has 3 nitrogen and oxygen atoms in total. The highest BCUT2D eigenvalue weighted by Gasteiger charge is 2.19. The number of carbonyl (C=O) groups is 1. The average molecular weight is 263 g/mol. The third-order valence-corrected chi connectivity index (χ3v) is 2.47. The number of rotatable bonds is 2. The van der Waals surface area contributed by atoms with Crippen LogP contribution < -0.4 is 4.74 Å². The van der Waals surface area contributed by atoms with Crippen molar-refractivity contribution in [2.45, 2.75) is 6.92 Å². The molecule has 0 heterocycles. The van der Waals surface area contributed by atoms with E-state index in [0.717, 1.165) is 6.07 Å². The van der Waals surface area contributed by atoms with Crippen LogP contribution in [0.15, 0.2) is 10.5 Å². The number of carbonyl (C=O) groups excluding carboxylic acids is 1. The number of phenols is 1. The van der Waals surface area contributed by atoms with Crippen LogP contribution in [-0.4, -0.2) is 18.0 Å². The number of ketones is 1. The van der Waals surface area contributed by atoms with Gasteiger partial charge in [-0.15, -0.1) is 0 Å². The molecule has 0 unspecified atom stereocenters. The van der Waals surface area contributed by atoms with E-state index in [-0.39, 0.29) is 21.5 Å². The van der Waals surface area contributed by atoms with E-state index in [4.69, 9.17) is 4.74 Å². The Bertz CT molecular complexity index is 390. The SMILES string of the molecule is COc1c(O)cc(F)c(C(C)=O)c1Br. The molecule has 0 spiro atoms. The van der Waals surface area contributed by atoms with Crippen LogP contribution in [0.1, 0.15) is 17.3 Å². The predicted molar refractivity (Wildman–Crippen MR) is 52.3 cm³/mol. The molecule has 1 N–H and O–H groups in total. The second kappa shape index (κ2) is 3.96. The second-order valence-electron chi connectivity index (χ2n) is 2.66. The first-order chi connectivity index (χ1) is 6.49. The summed E-state index contributed by atoms with van der Waals surface area (Å²) in [5.74, 6) is -1.51. The normalized spacial score (nSPS) is 10.0. The molecular weight excluding hydrogens is 255 g/mol. The quantitative estimate of drug-likeness (QED) is 0.834. The van der Waals surface area contributed by atoms with Gasteiger partial charge in [0.1, 0.15) is 5.82 Å². The minimum Gasteiger partial charge on any atom is -0.504 e. The molecular formula is C9H8BrFO3. The Balaban J connectivity index is 3.52. The van der Waals surface area contributed by atoms with Crippen molar-refractivity contribution >= 4 is 21.7 Å². The third kappa shape index (κ3) is 1.72. The van der Waals surface area contributed by atoms with Crippen LogP contribution in [0, 0.1) is 5.82 Å². The zero-order valence-electron chi connectivity index (χ0n) is 7.60. The van der Waals surface area contributed by atoms with E-state index < -0.39 is 11.6 Å². The summed E-state index contributed by atoms with van der Waals surface area (Å²) in [7, 11) is 1.32. The number of halogens is 2. The largest absolute Gasteiger partial charge is 0.504 e. The van der Waals surface area contributed by atoms with Crippen molar-refractivity contribution in [3.05, 3.63) is 21.9 Å². The van der Waals surface area contributed by atoms with Crippen LogP contribution in [0.3, 0.4) is 0 Å². The van der Waals surface area contributed by atoms with Gasteiger partial charge in [0.2, 0.25) is 0 Å². The summed E-state index contributed by atoms with van der Waals surface area (Å²) in [5.41, 5.74) is -0.125. The maximum atomic E-state index is 13.2. The second-order valence-corrected chi connectivity index (χ2v) is 3.45. The molecule has 0 aliphatic carbocycles. The molecule has 5 heteroatoms. The van der Waals surface area contributed by atoms with Gasteiger partial charge in [-0.3, -0.25) is 4.79 Å². The number of Topliss-reactive ketones (excluding diaryl/α,β-unsaturated/α-hetero) is 1. The van der Waals surface area contributed by atoms with Gasteiger partial charge >= 0.3 is 0 Å². The monoisotopic (exact) mass is 262 g/mol. The number of hydrogen-bond acceptors (Lipinski definition) is 3. The molecule has 0 aliphatic heterocycles. The average Bonchev–Trinajstić information content (AvgIpc) is 2.02. The molecule has 0 aromatic heterocycles. The number of ether oxygens (including phenoxy) is 1. The first-order valence-corrected chi connectivity index (χ1v) is 4.54. The zero-order chi connectivity index (χ0) is 10.9. The fraction of sp³-hybridized carbons (Fsp3) is 0.222. The predicted octanol–water partition coefficient (Wildman–Crippen LogP) is 2.51.